The van der Waals surface area contributed by atoms with Crippen molar-refractivity contribution in [1.82, 2.24) is 4.58 Å². The molecule has 1 aromatic rings. The van der Waals surface area contributed by atoms with E-state index >= 15 is 0 Å². The molecule has 0 amide bonds. The van der Waals surface area contributed by atoms with E-state index in [1.165, 1.54) is 12.1 Å². The summed E-state index contributed by atoms with van der Waals surface area (Å²) in [5.74, 6) is -0.279. The van der Waals surface area contributed by atoms with E-state index in [2.05, 4.69) is 20.8 Å². The highest BCUT2D eigenvalue weighted by Crippen LogP contribution is 2.51. The van der Waals surface area contributed by atoms with Crippen LogP contribution < -0.4 is 14.8 Å². The number of hydrogen-bond acceptors (Lipinski definition) is 16. The van der Waals surface area contributed by atoms with Crippen LogP contribution >= 0.6 is 0 Å². The van der Waals surface area contributed by atoms with Crippen molar-refractivity contribution in [3.63, 3.8) is 0 Å². The number of fused-ring (bicyclic) bond motifs is 2. The number of benzene rings is 2. The average Bonchev–Trinajstić information content (AvgIpc) is 3.56. The van der Waals surface area contributed by atoms with E-state index in [1.807, 2.05) is 58.9 Å². The van der Waals surface area contributed by atoms with Gasteiger partial charge in [0.1, 0.15) is 24.7 Å². The summed E-state index contributed by atoms with van der Waals surface area (Å²) < 4.78 is 142. The first-order chi connectivity index (χ1) is 35.6. The second kappa shape index (κ2) is 32.0. The van der Waals surface area contributed by atoms with Crippen LogP contribution in [0.25, 0.3) is 17.4 Å². The minimum absolute atomic E-state index is 0.0131. The minimum atomic E-state index is -4.59. The Morgan fingerprint density at radius 3 is 1.92 bits per heavy atom. The zero-order valence-electron chi connectivity index (χ0n) is 43.8. The van der Waals surface area contributed by atoms with Crippen molar-refractivity contribution in [3.05, 3.63) is 82.6 Å². The Bertz CT molecular complexity index is 2600. The molecule has 1 aromatic carbocycles. The van der Waals surface area contributed by atoms with E-state index in [9.17, 15) is 39.5 Å². The molecule has 2 atom stereocenters. The molecule has 21 nitrogen and oxygen atoms in total. The SMILES string of the molecule is COCCOCCOCCOCC[N+](CCCS(=O)(=O)O)=c1ccc2c(C(C)(C)C)cc(C=CC=C3N(CCOCCOCCOCCOCCC(=O)O)c4ccc(S(=O)(=O)O)cc4C3(C)CCCS(=O)O)oc-2c1. The lowest BCUT2D eigenvalue weighted by Crippen LogP contribution is -2.35. The van der Waals surface area contributed by atoms with Gasteiger partial charge in [-0.1, -0.05) is 26.8 Å². The molecule has 3 aliphatic rings. The fraction of sp³-hybridized carbons (Fsp3) is 0.608. The van der Waals surface area contributed by atoms with Gasteiger partial charge in [-0.15, -0.1) is 0 Å². The van der Waals surface area contributed by atoms with E-state index in [1.54, 1.807) is 13.2 Å². The van der Waals surface area contributed by atoms with Gasteiger partial charge in [0.15, 0.2) is 17.6 Å². The fourth-order valence-corrected chi connectivity index (χ4v) is 9.71. The zero-order chi connectivity index (χ0) is 54.9. The monoisotopic (exact) mass is 1120 g/mol. The Morgan fingerprint density at radius 1 is 0.773 bits per heavy atom. The molecule has 0 fully saturated rings. The van der Waals surface area contributed by atoms with Gasteiger partial charge < -0.3 is 56.9 Å². The van der Waals surface area contributed by atoms with Gasteiger partial charge in [-0.25, -0.2) is 8.78 Å². The van der Waals surface area contributed by atoms with Crippen molar-refractivity contribution < 1.29 is 86.9 Å². The third-order valence-corrected chi connectivity index (χ3v) is 14.3. The van der Waals surface area contributed by atoms with Crippen LogP contribution in [0.15, 0.2) is 69.6 Å². The maximum atomic E-state index is 12.4. The van der Waals surface area contributed by atoms with Crippen molar-refractivity contribution in [3.8, 4) is 11.3 Å². The largest absolute Gasteiger partial charge is 0.481 e. The minimum Gasteiger partial charge on any atom is -0.481 e. The van der Waals surface area contributed by atoms with Crippen molar-refractivity contribution in [2.75, 3.05) is 142 Å². The predicted octanol–water partition coefficient (Wildman–Crippen LogP) is 4.89. The number of anilines is 1. The number of rotatable bonds is 38. The van der Waals surface area contributed by atoms with Crippen LogP contribution in [0.4, 0.5) is 5.69 Å². The highest BCUT2D eigenvalue weighted by molar-refractivity contribution is 7.86. The lowest BCUT2D eigenvalue weighted by molar-refractivity contribution is -0.138. The molecule has 1 aliphatic carbocycles. The molecule has 75 heavy (non-hydrogen) atoms. The lowest BCUT2D eigenvalue weighted by atomic mass is 9.77. The van der Waals surface area contributed by atoms with Crippen LogP contribution in [0.1, 0.15) is 70.3 Å². The molecule has 422 valence electrons. The summed E-state index contributed by atoms with van der Waals surface area (Å²) in [6, 6.07) is 12.2. The molecule has 0 saturated carbocycles. The van der Waals surface area contributed by atoms with E-state index in [4.69, 9.17) is 47.4 Å². The molecule has 0 spiro atoms. The number of carbonyl (C=O) groups is 1. The standard InChI is InChI=1S/C51H76N2O19S3/c1-50(2,3)44-38-41(72-47-37-40(11-13-43(44)47)52(17-8-36-74(58,59)60)18-21-66-26-29-70-32-31-68-24-23-64-5)9-6-10-48-51(4,16-7-35-73(56)57)45-39-42(75(61,62)63)12-14-46(45)53(48)19-22-67-27-30-71-34-33-69-28-25-65-20-15-49(54)55/h6,9-14,37-39H,7-8,15-36H2,1-5H3,(H3-,54,55,56,57,58,59,60,61,62,63)/p+1. The molecule has 0 bridgehead atoms. The highest BCUT2D eigenvalue weighted by Gasteiger charge is 2.43. The summed E-state index contributed by atoms with van der Waals surface area (Å²) in [6.45, 7) is 14.2. The Morgan fingerprint density at radius 2 is 1.36 bits per heavy atom. The fourth-order valence-electron chi connectivity index (χ4n) is 8.32. The van der Waals surface area contributed by atoms with Crippen molar-refractivity contribution >= 4 is 49.0 Å². The molecule has 2 heterocycles. The van der Waals surface area contributed by atoms with E-state index < -0.39 is 48.5 Å². The third kappa shape index (κ3) is 22.5. The Kier molecular flexibility index (Phi) is 27.1. The van der Waals surface area contributed by atoms with Crippen LogP contribution in [0.2, 0.25) is 0 Å². The number of aliphatic carboxylic acids is 1. The number of ether oxygens (including phenoxy) is 8. The number of methoxy groups -OCH3 is 1. The first-order valence-electron chi connectivity index (χ1n) is 24.9. The Labute approximate surface area is 443 Å². The summed E-state index contributed by atoms with van der Waals surface area (Å²) in [4.78, 5) is 12.3. The topological polar surface area (TPSA) is 277 Å². The molecular formula is C51H77N2O19S3+. The van der Waals surface area contributed by atoms with Crippen molar-refractivity contribution in [2.45, 2.75) is 69.1 Å². The number of nitrogens with zero attached hydrogens (tertiary/aromatic N) is 2. The number of allylic oxidation sites excluding steroid dienone is 3. The normalized spacial score (nSPS) is 16.6. The predicted molar refractivity (Wildman–Crippen MR) is 283 cm³/mol. The van der Waals surface area contributed by atoms with Gasteiger partial charge in [-0.05, 0) is 78.8 Å². The van der Waals surface area contributed by atoms with Gasteiger partial charge in [0.25, 0.3) is 20.2 Å². The van der Waals surface area contributed by atoms with Gasteiger partial charge >= 0.3 is 5.97 Å². The Balaban J connectivity index is 1.62. The van der Waals surface area contributed by atoms with Gasteiger partial charge in [-0.2, -0.15) is 16.8 Å². The van der Waals surface area contributed by atoms with E-state index in [-0.39, 0.29) is 61.9 Å². The van der Waals surface area contributed by atoms with Gasteiger partial charge in [-0.3, -0.25) is 13.9 Å². The molecule has 2 unspecified atom stereocenters. The average molecular weight is 1120 g/mol. The highest BCUT2D eigenvalue weighted by atomic mass is 32.2. The van der Waals surface area contributed by atoms with Crippen LogP contribution in [0.3, 0.4) is 0 Å². The summed E-state index contributed by atoms with van der Waals surface area (Å²) in [5, 5.41) is 9.44. The summed E-state index contributed by atoms with van der Waals surface area (Å²) in [5.41, 5.74) is 2.66. The third-order valence-electron chi connectivity index (χ3n) is 12.0. The van der Waals surface area contributed by atoms with Crippen molar-refractivity contribution in [1.29, 1.82) is 0 Å². The van der Waals surface area contributed by atoms with Crippen LogP contribution in [0.5, 0.6) is 0 Å². The van der Waals surface area contributed by atoms with Gasteiger partial charge in [0, 0.05) is 54.3 Å². The van der Waals surface area contributed by atoms with E-state index in [0.717, 1.165) is 22.2 Å². The summed E-state index contributed by atoms with van der Waals surface area (Å²) in [7, 11) is -7.18. The second-order valence-electron chi connectivity index (χ2n) is 18.7. The molecule has 24 heteroatoms. The first kappa shape index (κ1) is 63.5. The molecule has 4 rings (SSSR count). The number of hydrogen-bond donors (Lipinski definition) is 4. The second-order valence-corrected chi connectivity index (χ2v) is 22.8. The smallest absolute Gasteiger partial charge is 0.305 e. The first-order valence-corrected chi connectivity index (χ1v) is 29.2. The maximum absolute atomic E-state index is 12.4. The Hall–Kier alpha value is -3.99. The molecule has 0 saturated heterocycles. The molecular weight excluding hydrogens is 1040 g/mol. The summed E-state index contributed by atoms with van der Waals surface area (Å²) >= 11 is -2.08. The summed E-state index contributed by atoms with van der Waals surface area (Å²) in [6.07, 6.45) is 6.30. The van der Waals surface area contributed by atoms with Crippen LogP contribution in [-0.2, 0) is 84.8 Å². The zero-order valence-corrected chi connectivity index (χ0v) is 46.2. The molecule has 2 aliphatic heterocycles. The quantitative estimate of drug-likeness (QED) is 0.0257. The van der Waals surface area contributed by atoms with Crippen molar-refractivity contribution in [2.24, 2.45) is 0 Å². The van der Waals surface area contributed by atoms with Gasteiger partial charge in [0.05, 0.1) is 116 Å². The lowest BCUT2D eigenvalue weighted by Gasteiger charge is -2.30. The van der Waals surface area contributed by atoms with Crippen LogP contribution in [0, 0.1) is 0 Å². The molecule has 0 radical (unpaired) electrons. The molecule has 0 aromatic heterocycles. The van der Waals surface area contributed by atoms with E-state index in [0.29, 0.717) is 121 Å². The number of carboxylic acids is 1. The van der Waals surface area contributed by atoms with Gasteiger partial charge in [0.2, 0.25) is 5.36 Å². The number of carboxylic acid groups (broad SMARTS) is 1. The maximum Gasteiger partial charge on any atom is 0.305 e. The molecule has 4 N–H and O–H groups in total. The van der Waals surface area contributed by atoms with Crippen LogP contribution in [-0.4, -0.2) is 183 Å².